The molecule has 0 radical (unpaired) electrons. The summed E-state index contributed by atoms with van der Waals surface area (Å²) < 4.78 is 0. The summed E-state index contributed by atoms with van der Waals surface area (Å²) in [4.78, 5) is 20.0. The largest absolute Gasteiger partial charge is 0.393 e. The molecule has 1 amide bonds. The number of piperidine rings is 2. The molecule has 1 N–H and O–H groups in total. The molecular formula is C24H37N3O2. The summed E-state index contributed by atoms with van der Waals surface area (Å²) in [7, 11) is 0. The van der Waals surface area contributed by atoms with Gasteiger partial charge in [0.25, 0.3) is 0 Å². The van der Waals surface area contributed by atoms with Gasteiger partial charge in [0.1, 0.15) is 0 Å². The fourth-order valence-electron chi connectivity index (χ4n) is 5.50. The molecule has 0 bridgehead atoms. The van der Waals surface area contributed by atoms with E-state index in [1.54, 1.807) is 0 Å². The topological polar surface area (TPSA) is 47.0 Å². The smallest absolute Gasteiger partial charge is 0.222 e. The van der Waals surface area contributed by atoms with Crippen molar-refractivity contribution in [2.24, 2.45) is 5.92 Å². The highest BCUT2D eigenvalue weighted by atomic mass is 16.3. The van der Waals surface area contributed by atoms with Crippen LogP contribution >= 0.6 is 0 Å². The highest BCUT2D eigenvalue weighted by molar-refractivity contribution is 5.76. The van der Waals surface area contributed by atoms with Crippen LogP contribution in [0.25, 0.3) is 0 Å². The Morgan fingerprint density at radius 3 is 2.41 bits per heavy atom. The Morgan fingerprint density at radius 2 is 1.69 bits per heavy atom. The van der Waals surface area contributed by atoms with Crippen LogP contribution in [-0.2, 0) is 11.3 Å². The van der Waals surface area contributed by atoms with Crippen LogP contribution in [0.3, 0.4) is 0 Å². The third-order valence-corrected chi connectivity index (χ3v) is 7.18. The lowest BCUT2D eigenvalue weighted by atomic mass is 9.86. The van der Waals surface area contributed by atoms with Gasteiger partial charge in [0.05, 0.1) is 6.10 Å². The van der Waals surface area contributed by atoms with Gasteiger partial charge in [-0.05, 0) is 69.6 Å². The molecule has 5 nitrogen and oxygen atoms in total. The third kappa shape index (κ3) is 5.59. The molecular weight excluding hydrogens is 362 g/mol. The number of aliphatic hydroxyl groups excluding tert-OH is 1. The van der Waals surface area contributed by atoms with Crippen LogP contribution < -0.4 is 0 Å². The molecule has 3 saturated heterocycles. The van der Waals surface area contributed by atoms with Crippen molar-refractivity contribution >= 4 is 5.91 Å². The molecule has 0 aliphatic carbocycles. The molecule has 3 aliphatic heterocycles. The second-order valence-electron chi connectivity index (χ2n) is 9.23. The summed E-state index contributed by atoms with van der Waals surface area (Å²) in [6.45, 7) is 7.19. The molecule has 29 heavy (non-hydrogen) atoms. The summed E-state index contributed by atoms with van der Waals surface area (Å²) >= 11 is 0. The van der Waals surface area contributed by atoms with Crippen molar-refractivity contribution in [3.63, 3.8) is 0 Å². The number of carbonyl (C=O) groups excluding carboxylic acids is 1. The monoisotopic (exact) mass is 399 g/mol. The minimum absolute atomic E-state index is 0.219. The second-order valence-corrected chi connectivity index (χ2v) is 9.23. The Balaban J connectivity index is 1.35. The number of likely N-dealkylation sites (tertiary alicyclic amines) is 3. The van der Waals surface area contributed by atoms with Crippen LogP contribution in [-0.4, -0.2) is 77.1 Å². The number of hydrogen-bond donors (Lipinski definition) is 1. The van der Waals surface area contributed by atoms with E-state index in [1.165, 1.54) is 37.9 Å². The van der Waals surface area contributed by atoms with Gasteiger partial charge in [0, 0.05) is 38.6 Å². The van der Waals surface area contributed by atoms with Crippen LogP contribution in [0.15, 0.2) is 30.3 Å². The SMILES string of the molecule is O=C(CC[C@@H]1CN(Cc2ccccc2)CC[C@@H]1N1CCCC1)N1CCC(O)CC1. The molecule has 160 valence electrons. The number of amides is 1. The minimum Gasteiger partial charge on any atom is -0.393 e. The zero-order valence-electron chi connectivity index (χ0n) is 17.7. The number of nitrogens with zero attached hydrogens (tertiary/aromatic N) is 3. The third-order valence-electron chi connectivity index (χ3n) is 7.18. The van der Waals surface area contributed by atoms with Crippen molar-refractivity contribution in [2.45, 2.75) is 63.6 Å². The van der Waals surface area contributed by atoms with Gasteiger partial charge in [0.2, 0.25) is 5.91 Å². The highest BCUT2D eigenvalue weighted by Crippen LogP contribution is 2.30. The fraction of sp³-hybridized carbons (Fsp3) is 0.708. The molecule has 1 aromatic rings. The fourth-order valence-corrected chi connectivity index (χ4v) is 5.50. The maximum absolute atomic E-state index is 12.8. The maximum Gasteiger partial charge on any atom is 0.222 e. The van der Waals surface area contributed by atoms with Gasteiger partial charge in [-0.3, -0.25) is 9.69 Å². The number of aliphatic hydroxyl groups is 1. The number of benzene rings is 1. The van der Waals surface area contributed by atoms with Crippen molar-refractivity contribution in [3.8, 4) is 0 Å². The van der Waals surface area contributed by atoms with E-state index in [1.807, 2.05) is 4.90 Å². The lowest BCUT2D eigenvalue weighted by Gasteiger charge is -2.43. The number of carbonyl (C=O) groups is 1. The molecule has 3 fully saturated rings. The molecule has 5 heteroatoms. The van der Waals surface area contributed by atoms with E-state index in [4.69, 9.17) is 0 Å². The van der Waals surface area contributed by atoms with Crippen molar-refractivity contribution in [3.05, 3.63) is 35.9 Å². The van der Waals surface area contributed by atoms with Crippen molar-refractivity contribution in [1.82, 2.24) is 14.7 Å². The van der Waals surface area contributed by atoms with Gasteiger partial charge in [-0.2, -0.15) is 0 Å². The molecule has 0 unspecified atom stereocenters. The molecule has 4 rings (SSSR count). The first-order chi connectivity index (χ1) is 14.2. The molecule has 1 aromatic carbocycles. The molecule has 3 heterocycles. The van der Waals surface area contributed by atoms with Crippen LogP contribution in [0, 0.1) is 5.92 Å². The van der Waals surface area contributed by atoms with Gasteiger partial charge in [-0.1, -0.05) is 30.3 Å². The lowest BCUT2D eigenvalue weighted by Crippen LogP contribution is -2.50. The average molecular weight is 400 g/mol. The van der Waals surface area contributed by atoms with Gasteiger partial charge < -0.3 is 14.9 Å². The van der Waals surface area contributed by atoms with E-state index in [0.29, 0.717) is 18.4 Å². The predicted octanol–water partition coefficient (Wildman–Crippen LogP) is 2.74. The summed E-state index contributed by atoms with van der Waals surface area (Å²) in [5.41, 5.74) is 1.38. The maximum atomic E-state index is 12.8. The predicted molar refractivity (Wildman–Crippen MR) is 115 cm³/mol. The van der Waals surface area contributed by atoms with Crippen LogP contribution in [0.1, 0.15) is 50.5 Å². The average Bonchev–Trinajstić information content (AvgIpc) is 3.28. The Kier molecular flexibility index (Phi) is 7.22. The van der Waals surface area contributed by atoms with Crippen LogP contribution in [0.4, 0.5) is 0 Å². The molecule has 2 atom stereocenters. The zero-order chi connectivity index (χ0) is 20.1. The van der Waals surface area contributed by atoms with E-state index in [9.17, 15) is 9.90 Å². The number of hydrogen-bond acceptors (Lipinski definition) is 4. The molecule has 0 spiro atoms. The second kappa shape index (κ2) is 10.1. The van der Waals surface area contributed by atoms with Crippen LogP contribution in [0.5, 0.6) is 0 Å². The zero-order valence-corrected chi connectivity index (χ0v) is 17.7. The van der Waals surface area contributed by atoms with Crippen LogP contribution in [0.2, 0.25) is 0 Å². The molecule has 3 aliphatic rings. The molecule has 0 saturated carbocycles. The van der Waals surface area contributed by atoms with Gasteiger partial charge in [-0.25, -0.2) is 0 Å². The van der Waals surface area contributed by atoms with Gasteiger partial charge in [0.15, 0.2) is 0 Å². The molecule has 0 aromatic heterocycles. The van der Waals surface area contributed by atoms with E-state index >= 15 is 0 Å². The van der Waals surface area contributed by atoms with Crippen molar-refractivity contribution < 1.29 is 9.90 Å². The summed E-state index contributed by atoms with van der Waals surface area (Å²) in [5, 5.41) is 9.70. The highest BCUT2D eigenvalue weighted by Gasteiger charge is 2.35. The number of rotatable bonds is 6. The van der Waals surface area contributed by atoms with E-state index < -0.39 is 0 Å². The standard InChI is InChI=1S/C24H37N3O2/c28-22-10-16-27(17-11-22)24(29)9-8-21-19-25(18-20-6-2-1-3-7-20)15-12-23(21)26-13-4-5-14-26/h1-3,6-7,21-23,28H,4-5,8-19H2/t21-,23+/m1/s1. The Labute approximate surface area is 175 Å². The first-order valence-electron chi connectivity index (χ1n) is 11.7. The van der Waals surface area contributed by atoms with E-state index in [0.717, 1.165) is 52.0 Å². The van der Waals surface area contributed by atoms with Gasteiger partial charge >= 0.3 is 0 Å². The van der Waals surface area contributed by atoms with Crippen molar-refractivity contribution in [2.75, 3.05) is 39.3 Å². The van der Waals surface area contributed by atoms with E-state index in [-0.39, 0.29) is 12.0 Å². The quantitative estimate of drug-likeness (QED) is 0.799. The first kappa shape index (κ1) is 20.8. The summed E-state index contributed by atoms with van der Waals surface area (Å²) in [5.74, 6) is 0.863. The first-order valence-corrected chi connectivity index (χ1v) is 11.7. The van der Waals surface area contributed by atoms with E-state index in [2.05, 4.69) is 40.1 Å². The Hall–Kier alpha value is -1.43. The summed E-state index contributed by atoms with van der Waals surface area (Å²) in [6.07, 6.45) is 6.77. The summed E-state index contributed by atoms with van der Waals surface area (Å²) in [6, 6.07) is 11.4. The minimum atomic E-state index is -0.219. The van der Waals surface area contributed by atoms with Gasteiger partial charge in [-0.15, -0.1) is 0 Å². The Bertz CT molecular complexity index is 639. The lowest BCUT2D eigenvalue weighted by molar-refractivity contribution is -0.133. The normalized spacial score (nSPS) is 27.4. The Morgan fingerprint density at radius 1 is 0.966 bits per heavy atom. The van der Waals surface area contributed by atoms with Crippen molar-refractivity contribution in [1.29, 1.82) is 0 Å².